The number of halogens is 3. The van der Waals surface area contributed by atoms with E-state index >= 15 is 0 Å². The van der Waals surface area contributed by atoms with Gasteiger partial charge in [0.1, 0.15) is 5.56 Å². The van der Waals surface area contributed by atoms with Crippen molar-refractivity contribution in [2.75, 3.05) is 56.0 Å². The monoisotopic (exact) mass is 549 g/mol. The van der Waals surface area contributed by atoms with Gasteiger partial charge in [0.15, 0.2) is 0 Å². The lowest BCUT2D eigenvalue weighted by Crippen LogP contribution is -2.47. The van der Waals surface area contributed by atoms with Crippen molar-refractivity contribution in [1.82, 2.24) is 9.80 Å². The number of rotatable bonds is 8. The minimum Gasteiger partial charge on any atom is -0.382 e. The summed E-state index contributed by atoms with van der Waals surface area (Å²) in [5.41, 5.74) is 0.461. The minimum atomic E-state index is -4.81. The molecule has 2 aromatic carbocycles. The fraction of sp³-hybridized carbons (Fsp3) is 0.536. The first-order chi connectivity index (χ1) is 18.1. The van der Waals surface area contributed by atoms with E-state index in [2.05, 4.69) is 46.3 Å². The Bertz CT molecular complexity index is 1110. The van der Waals surface area contributed by atoms with Crippen molar-refractivity contribution in [3.05, 3.63) is 63.7 Å². The number of hydrogen-bond donors (Lipinski definition) is 1. The highest BCUT2D eigenvalue weighted by molar-refractivity contribution is 5.76. The van der Waals surface area contributed by atoms with Gasteiger partial charge in [0, 0.05) is 69.2 Å². The van der Waals surface area contributed by atoms with Crippen LogP contribution in [0.3, 0.4) is 0 Å². The summed E-state index contributed by atoms with van der Waals surface area (Å²) in [5, 5.41) is 14.0. The summed E-state index contributed by atoms with van der Waals surface area (Å²) in [6, 6.07) is 11.4. The molecule has 0 bridgehead atoms. The molecule has 11 heteroatoms. The van der Waals surface area contributed by atoms with Crippen LogP contribution in [0, 0.1) is 17.0 Å². The number of alkyl halides is 3. The normalized spacial score (nSPS) is 17.0. The Kier molecular flexibility index (Phi) is 10.2. The summed E-state index contributed by atoms with van der Waals surface area (Å²) in [6.07, 6.45) is -2.33. The molecule has 214 valence electrons. The smallest absolute Gasteiger partial charge is 0.382 e. The highest BCUT2D eigenvalue weighted by Gasteiger charge is 2.38. The van der Waals surface area contributed by atoms with E-state index in [4.69, 9.17) is 0 Å². The van der Waals surface area contributed by atoms with Gasteiger partial charge in [0.2, 0.25) is 5.91 Å². The van der Waals surface area contributed by atoms with Crippen LogP contribution < -0.4 is 10.2 Å². The topological polar surface area (TPSA) is 82.0 Å². The van der Waals surface area contributed by atoms with Crippen LogP contribution in [0.2, 0.25) is 0 Å². The Morgan fingerprint density at radius 2 is 1.67 bits per heavy atom. The lowest BCUT2D eigenvalue weighted by molar-refractivity contribution is -0.388. The molecule has 1 amide bonds. The molecule has 2 aromatic rings. The zero-order chi connectivity index (χ0) is 27.3. The molecule has 0 aromatic heterocycles. The van der Waals surface area contributed by atoms with Gasteiger partial charge < -0.3 is 15.1 Å². The van der Waals surface area contributed by atoms with Gasteiger partial charge in [-0.2, -0.15) is 13.2 Å². The molecule has 0 atom stereocenters. The van der Waals surface area contributed by atoms with Crippen LogP contribution in [0.4, 0.5) is 30.2 Å². The number of nitrogens with zero attached hydrogens (tertiary/aromatic N) is 4. The van der Waals surface area contributed by atoms with E-state index in [0.29, 0.717) is 32.4 Å². The first-order valence-electron chi connectivity index (χ1n) is 13.0. The standard InChI is InChI=1S/C27H34F3N5O3.CH4/c1-20-4-7-23(8-5-20)33-17-15-32(16-18-33)12-2-3-26(36)34-13-10-21(11-14-34)31-22-6-9-25(35(37)38)24(19-22)27(28,29)30;/h4-9,19,21,31H,2-3,10-18H2,1H3;1H4. The van der Waals surface area contributed by atoms with E-state index in [0.717, 1.165) is 51.3 Å². The lowest BCUT2D eigenvalue weighted by atomic mass is 10.0. The summed E-state index contributed by atoms with van der Waals surface area (Å²) >= 11 is 0. The van der Waals surface area contributed by atoms with E-state index in [9.17, 15) is 28.1 Å². The van der Waals surface area contributed by atoms with Gasteiger partial charge in [-0.05, 0) is 57.0 Å². The molecule has 0 radical (unpaired) electrons. The molecule has 2 fully saturated rings. The highest BCUT2D eigenvalue weighted by atomic mass is 19.4. The first-order valence-corrected chi connectivity index (χ1v) is 13.0. The quantitative estimate of drug-likeness (QED) is 0.343. The second kappa shape index (κ2) is 13.1. The van der Waals surface area contributed by atoms with Gasteiger partial charge in [-0.1, -0.05) is 25.1 Å². The number of nitrogens with one attached hydrogen (secondary N) is 1. The summed E-state index contributed by atoms with van der Waals surface area (Å²) < 4.78 is 39.7. The fourth-order valence-electron chi connectivity index (χ4n) is 5.12. The van der Waals surface area contributed by atoms with E-state index in [1.807, 2.05) is 4.90 Å². The van der Waals surface area contributed by atoms with Gasteiger partial charge in [-0.25, -0.2) is 0 Å². The zero-order valence-electron chi connectivity index (χ0n) is 21.5. The molecule has 0 aliphatic carbocycles. The SMILES string of the molecule is C.Cc1ccc(N2CCN(CCCC(=O)N3CCC(Nc4ccc([N+](=O)[O-])c(C(F)(F)F)c4)CC3)CC2)cc1. The van der Waals surface area contributed by atoms with Crippen molar-refractivity contribution in [2.24, 2.45) is 0 Å². The van der Waals surface area contributed by atoms with Crippen molar-refractivity contribution in [2.45, 2.75) is 52.3 Å². The van der Waals surface area contributed by atoms with Gasteiger partial charge in [-0.15, -0.1) is 0 Å². The highest BCUT2D eigenvalue weighted by Crippen LogP contribution is 2.38. The first kappa shape index (κ1) is 30.2. The van der Waals surface area contributed by atoms with Crippen molar-refractivity contribution >= 4 is 23.0 Å². The number of aryl methyl sites for hydroxylation is 1. The maximum atomic E-state index is 13.2. The Labute approximate surface area is 227 Å². The van der Waals surface area contributed by atoms with Gasteiger partial charge >= 0.3 is 6.18 Å². The predicted octanol–water partition coefficient (Wildman–Crippen LogP) is 5.56. The van der Waals surface area contributed by atoms with Crippen molar-refractivity contribution in [3.63, 3.8) is 0 Å². The number of benzene rings is 2. The third-order valence-electron chi connectivity index (χ3n) is 7.35. The second-order valence-corrected chi connectivity index (χ2v) is 10.1. The second-order valence-electron chi connectivity index (χ2n) is 10.1. The molecular weight excluding hydrogens is 511 g/mol. The Morgan fingerprint density at radius 1 is 1.03 bits per heavy atom. The molecule has 4 rings (SSSR count). The zero-order valence-corrected chi connectivity index (χ0v) is 21.5. The van der Waals surface area contributed by atoms with Gasteiger partial charge in [0.25, 0.3) is 5.69 Å². The molecule has 2 aliphatic heterocycles. The summed E-state index contributed by atoms with van der Waals surface area (Å²) in [6.45, 7) is 7.91. The number of carbonyl (C=O) groups is 1. The average Bonchev–Trinajstić information content (AvgIpc) is 2.89. The van der Waals surface area contributed by atoms with Crippen molar-refractivity contribution < 1.29 is 22.9 Å². The molecule has 39 heavy (non-hydrogen) atoms. The lowest BCUT2D eigenvalue weighted by Gasteiger charge is -2.36. The number of amides is 1. The number of likely N-dealkylation sites (tertiary alicyclic amines) is 1. The van der Waals surface area contributed by atoms with Crippen LogP contribution in [0.25, 0.3) is 0 Å². The predicted molar refractivity (Wildman–Crippen MR) is 147 cm³/mol. The summed E-state index contributed by atoms with van der Waals surface area (Å²) in [5.74, 6) is 0.108. The van der Waals surface area contributed by atoms with Crippen LogP contribution in [0.15, 0.2) is 42.5 Å². The average molecular weight is 550 g/mol. The Balaban J connectivity index is 0.00000420. The summed E-state index contributed by atoms with van der Waals surface area (Å²) in [7, 11) is 0. The van der Waals surface area contributed by atoms with Gasteiger partial charge in [0.05, 0.1) is 4.92 Å². The van der Waals surface area contributed by atoms with Crippen LogP contribution in [-0.2, 0) is 11.0 Å². The van der Waals surface area contributed by atoms with Crippen molar-refractivity contribution in [3.8, 4) is 0 Å². The van der Waals surface area contributed by atoms with E-state index in [1.165, 1.54) is 17.3 Å². The molecule has 2 saturated heterocycles. The Morgan fingerprint density at radius 3 is 2.26 bits per heavy atom. The number of carbonyl (C=O) groups excluding carboxylic acids is 1. The number of piperidine rings is 1. The molecule has 0 spiro atoms. The van der Waals surface area contributed by atoms with Crippen LogP contribution in [0.5, 0.6) is 0 Å². The Hall–Kier alpha value is -3.34. The molecule has 8 nitrogen and oxygen atoms in total. The van der Waals surface area contributed by atoms with Crippen LogP contribution in [0.1, 0.15) is 44.2 Å². The molecule has 1 N–H and O–H groups in total. The third-order valence-corrected chi connectivity index (χ3v) is 7.35. The fourth-order valence-corrected chi connectivity index (χ4v) is 5.12. The molecular formula is C28H38F3N5O3. The van der Waals surface area contributed by atoms with E-state index in [-0.39, 0.29) is 25.1 Å². The number of nitro groups is 1. The number of anilines is 2. The van der Waals surface area contributed by atoms with Crippen molar-refractivity contribution in [1.29, 1.82) is 0 Å². The number of piperazine rings is 1. The molecule has 0 unspecified atom stereocenters. The van der Waals surface area contributed by atoms with Gasteiger partial charge in [-0.3, -0.25) is 19.8 Å². The number of nitro benzene ring substituents is 1. The maximum absolute atomic E-state index is 13.2. The molecule has 2 aliphatic rings. The van der Waals surface area contributed by atoms with Crippen LogP contribution >= 0.6 is 0 Å². The molecule has 0 saturated carbocycles. The van der Waals surface area contributed by atoms with E-state index < -0.39 is 22.4 Å². The summed E-state index contributed by atoms with van der Waals surface area (Å²) in [4.78, 5) is 29.3. The molecule has 2 heterocycles. The van der Waals surface area contributed by atoms with E-state index in [1.54, 1.807) is 0 Å². The maximum Gasteiger partial charge on any atom is 0.423 e. The number of hydrogen-bond acceptors (Lipinski definition) is 6. The van der Waals surface area contributed by atoms with Crippen LogP contribution in [-0.4, -0.2) is 72.5 Å². The third kappa shape index (κ3) is 8.08. The largest absolute Gasteiger partial charge is 0.423 e. The minimum absolute atomic E-state index is 0.